The molecular weight excluding hydrogens is 303 g/mol. The monoisotopic (exact) mass is 322 g/mol. The first-order valence-electron chi connectivity index (χ1n) is 8.25. The number of hydrogen-bond acceptors (Lipinski definition) is 2. The number of benzene rings is 2. The van der Waals surface area contributed by atoms with E-state index in [1.54, 1.807) is 12.1 Å². The molecule has 0 aliphatic heterocycles. The van der Waals surface area contributed by atoms with Gasteiger partial charge in [-0.15, -0.1) is 0 Å². The van der Waals surface area contributed by atoms with Crippen molar-refractivity contribution in [3.05, 3.63) is 70.7 Å². The molecule has 2 aromatic carbocycles. The lowest BCUT2D eigenvalue weighted by atomic mass is 9.91. The molecule has 3 nitrogen and oxygen atoms in total. The highest BCUT2D eigenvalue weighted by Crippen LogP contribution is 2.33. The molecule has 1 aliphatic rings. The van der Waals surface area contributed by atoms with Crippen LogP contribution < -0.4 is 5.73 Å². The summed E-state index contributed by atoms with van der Waals surface area (Å²) >= 11 is 0. The number of halogens is 1. The van der Waals surface area contributed by atoms with Crippen molar-refractivity contribution in [2.45, 2.75) is 31.8 Å². The molecule has 1 atom stereocenters. The van der Waals surface area contributed by atoms with E-state index in [4.69, 9.17) is 5.73 Å². The second-order valence-corrected chi connectivity index (χ2v) is 6.54. The zero-order valence-corrected chi connectivity index (χ0v) is 13.3. The summed E-state index contributed by atoms with van der Waals surface area (Å²) in [6.07, 6.45) is 3.56. The highest BCUT2D eigenvalue weighted by atomic mass is 19.1. The van der Waals surface area contributed by atoms with Gasteiger partial charge in [-0.2, -0.15) is 0 Å². The van der Waals surface area contributed by atoms with Crippen molar-refractivity contribution in [1.82, 2.24) is 4.57 Å². The van der Waals surface area contributed by atoms with Crippen LogP contribution in [-0.4, -0.2) is 16.9 Å². The summed E-state index contributed by atoms with van der Waals surface area (Å²) in [5.74, 6) is -0.219. The van der Waals surface area contributed by atoms with Crippen LogP contribution in [0.1, 0.15) is 33.6 Å². The third kappa shape index (κ3) is 2.53. The number of carbonyl (C=O) groups is 1. The molecule has 0 bridgehead atoms. The van der Waals surface area contributed by atoms with Crippen LogP contribution in [0.15, 0.2) is 42.5 Å². The Kier molecular flexibility index (Phi) is 3.69. The Bertz CT molecular complexity index is 929. The van der Waals surface area contributed by atoms with Crippen LogP contribution in [0, 0.1) is 5.82 Å². The van der Waals surface area contributed by atoms with E-state index in [0.29, 0.717) is 12.1 Å². The predicted molar refractivity (Wildman–Crippen MR) is 92.8 cm³/mol. The van der Waals surface area contributed by atoms with Gasteiger partial charge in [0, 0.05) is 34.7 Å². The van der Waals surface area contributed by atoms with Crippen molar-refractivity contribution >= 4 is 17.2 Å². The van der Waals surface area contributed by atoms with Crippen LogP contribution >= 0.6 is 0 Å². The quantitative estimate of drug-likeness (QED) is 0.751. The minimum Gasteiger partial charge on any atom is -0.340 e. The molecule has 0 fully saturated rings. The average Bonchev–Trinajstić information content (AvgIpc) is 2.87. The van der Waals surface area contributed by atoms with Gasteiger partial charge in [0.25, 0.3) is 0 Å². The largest absolute Gasteiger partial charge is 0.340 e. The molecule has 1 unspecified atom stereocenters. The van der Waals surface area contributed by atoms with Crippen LogP contribution in [0.5, 0.6) is 0 Å². The normalized spacial score (nSPS) is 17.0. The number of rotatable bonds is 3. The van der Waals surface area contributed by atoms with Crippen molar-refractivity contribution < 1.29 is 9.18 Å². The number of carbonyl (C=O) groups excluding carboxylic acids is 1. The molecule has 1 aliphatic carbocycles. The van der Waals surface area contributed by atoms with Crippen molar-refractivity contribution in [3.8, 4) is 0 Å². The smallest absolute Gasteiger partial charge is 0.150 e. The fourth-order valence-electron chi connectivity index (χ4n) is 3.77. The maximum atomic E-state index is 13.5. The third-order valence-corrected chi connectivity index (χ3v) is 4.89. The summed E-state index contributed by atoms with van der Waals surface area (Å²) in [4.78, 5) is 11.1. The number of nitrogens with two attached hydrogens (primary N) is 1. The number of aldehydes is 1. The first-order chi connectivity index (χ1) is 11.7. The van der Waals surface area contributed by atoms with E-state index in [2.05, 4.69) is 4.57 Å². The number of nitrogens with zero attached hydrogens (tertiary/aromatic N) is 1. The molecule has 0 amide bonds. The summed E-state index contributed by atoms with van der Waals surface area (Å²) < 4.78 is 15.8. The Labute approximate surface area is 139 Å². The second kappa shape index (κ2) is 5.87. The molecule has 0 spiro atoms. The molecule has 1 heterocycles. The van der Waals surface area contributed by atoms with Crippen LogP contribution in [0.25, 0.3) is 10.9 Å². The van der Waals surface area contributed by atoms with Gasteiger partial charge in [0.2, 0.25) is 0 Å². The lowest BCUT2D eigenvalue weighted by Gasteiger charge is -2.21. The van der Waals surface area contributed by atoms with E-state index >= 15 is 0 Å². The Hall–Kier alpha value is -2.46. The van der Waals surface area contributed by atoms with Crippen LogP contribution in [0.2, 0.25) is 0 Å². The molecule has 1 aromatic heterocycles. The molecule has 0 radical (unpaired) electrons. The summed E-state index contributed by atoms with van der Waals surface area (Å²) in [7, 11) is 0. The van der Waals surface area contributed by atoms with Gasteiger partial charge >= 0.3 is 0 Å². The molecule has 2 N–H and O–H groups in total. The summed E-state index contributed by atoms with van der Waals surface area (Å²) in [5.41, 5.74) is 11.4. The molecule has 3 aromatic rings. The number of hydrogen-bond donors (Lipinski definition) is 1. The molecule has 0 saturated carbocycles. The Morgan fingerprint density at radius 3 is 2.92 bits per heavy atom. The SMILES string of the molecule is NC1CCc2c(c3cc(C=O)ccc3n2Cc2cccc(F)c2)C1. The second-order valence-electron chi connectivity index (χ2n) is 6.54. The summed E-state index contributed by atoms with van der Waals surface area (Å²) in [6, 6.07) is 12.6. The summed E-state index contributed by atoms with van der Waals surface area (Å²) in [6.45, 7) is 0.624. The highest BCUT2D eigenvalue weighted by Gasteiger charge is 2.23. The predicted octanol–water partition coefficient (Wildman–Crippen LogP) is 3.46. The first-order valence-corrected chi connectivity index (χ1v) is 8.25. The standard InChI is InChI=1S/C20H19FN2O/c21-15-3-1-2-13(8-15)11-23-19-6-4-14(12-24)9-17(19)18-10-16(22)5-7-20(18)23/h1-4,6,8-9,12,16H,5,7,10-11,22H2. The molecule has 4 rings (SSSR count). The van der Waals surface area contributed by atoms with Gasteiger partial charge in [-0.25, -0.2) is 4.39 Å². The fourth-order valence-corrected chi connectivity index (χ4v) is 3.77. The lowest BCUT2D eigenvalue weighted by molar-refractivity contribution is 0.112. The van der Waals surface area contributed by atoms with Gasteiger partial charge in [-0.3, -0.25) is 4.79 Å². The molecular formula is C20H19FN2O. The van der Waals surface area contributed by atoms with Gasteiger partial charge in [0.15, 0.2) is 0 Å². The van der Waals surface area contributed by atoms with E-state index < -0.39 is 0 Å². The fraction of sp³-hybridized carbons (Fsp3) is 0.250. The first kappa shape index (κ1) is 15.1. The third-order valence-electron chi connectivity index (χ3n) is 4.89. The van der Waals surface area contributed by atoms with Crippen molar-refractivity contribution in [3.63, 3.8) is 0 Å². The zero-order chi connectivity index (χ0) is 16.7. The van der Waals surface area contributed by atoms with Crippen molar-refractivity contribution in [1.29, 1.82) is 0 Å². The lowest BCUT2D eigenvalue weighted by Crippen LogP contribution is -2.28. The van der Waals surface area contributed by atoms with Crippen LogP contribution in [-0.2, 0) is 19.4 Å². The minimum atomic E-state index is -0.219. The molecule has 24 heavy (non-hydrogen) atoms. The van der Waals surface area contributed by atoms with Gasteiger partial charge < -0.3 is 10.3 Å². The van der Waals surface area contributed by atoms with Gasteiger partial charge in [-0.1, -0.05) is 12.1 Å². The molecule has 122 valence electrons. The van der Waals surface area contributed by atoms with Crippen molar-refractivity contribution in [2.75, 3.05) is 0 Å². The maximum absolute atomic E-state index is 13.5. The number of aromatic nitrogens is 1. The van der Waals surface area contributed by atoms with E-state index in [-0.39, 0.29) is 11.9 Å². The van der Waals surface area contributed by atoms with Gasteiger partial charge in [0.05, 0.1) is 0 Å². The summed E-state index contributed by atoms with van der Waals surface area (Å²) in [5, 5.41) is 1.10. The van der Waals surface area contributed by atoms with Crippen LogP contribution in [0.4, 0.5) is 4.39 Å². The average molecular weight is 322 g/mol. The zero-order valence-electron chi connectivity index (χ0n) is 13.3. The topological polar surface area (TPSA) is 48.0 Å². The maximum Gasteiger partial charge on any atom is 0.150 e. The molecule has 4 heteroatoms. The molecule has 0 saturated heterocycles. The minimum absolute atomic E-state index is 0.158. The van der Waals surface area contributed by atoms with Gasteiger partial charge in [0.1, 0.15) is 12.1 Å². The van der Waals surface area contributed by atoms with E-state index in [0.717, 1.165) is 42.0 Å². The number of fused-ring (bicyclic) bond motifs is 3. The van der Waals surface area contributed by atoms with E-state index in [1.165, 1.54) is 17.3 Å². The Balaban J connectivity index is 1.89. The van der Waals surface area contributed by atoms with Gasteiger partial charge in [-0.05, 0) is 60.7 Å². The van der Waals surface area contributed by atoms with Crippen molar-refractivity contribution in [2.24, 2.45) is 5.73 Å². The van der Waals surface area contributed by atoms with E-state index in [1.807, 2.05) is 24.3 Å². The Morgan fingerprint density at radius 1 is 1.25 bits per heavy atom. The Morgan fingerprint density at radius 2 is 2.12 bits per heavy atom. The van der Waals surface area contributed by atoms with E-state index in [9.17, 15) is 9.18 Å². The highest BCUT2D eigenvalue weighted by molar-refractivity contribution is 5.91. The van der Waals surface area contributed by atoms with Crippen LogP contribution in [0.3, 0.4) is 0 Å².